The zero-order valence-electron chi connectivity index (χ0n) is 16.6. The minimum atomic E-state index is -3.74. The van der Waals surface area contributed by atoms with Crippen molar-refractivity contribution in [2.24, 2.45) is 0 Å². The number of carbonyl (C=O) groups excluding carboxylic acids is 1. The van der Waals surface area contributed by atoms with Crippen LogP contribution in [-0.4, -0.2) is 20.1 Å². The maximum atomic E-state index is 13.8. The fourth-order valence-electron chi connectivity index (χ4n) is 2.75. The molecule has 0 fully saturated rings. The smallest absolute Gasteiger partial charge is 0.261 e. The average molecular weight is 479 g/mol. The molecule has 0 radical (unpaired) electrons. The van der Waals surface area contributed by atoms with Crippen LogP contribution < -0.4 is 10.0 Å². The van der Waals surface area contributed by atoms with Crippen molar-refractivity contribution in [3.63, 3.8) is 0 Å². The van der Waals surface area contributed by atoms with Gasteiger partial charge in [-0.3, -0.25) is 9.52 Å². The van der Waals surface area contributed by atoms with Gasteiger partial charge in [-0.05, 0) is 61.0 Å². The van der Waals surface area contributed by atoms with Gasteiger partial charge < -0.3 is 5.32 Å². The van der Waals surface area contributed by atoms with Gasteiger partial charge in [0.1, 0.15) is 5.82 Å². The van der Waals surface area contributed by atoms with Gasteiger partial charge >= 0.3 is 0 Å². The average Bonchev–Trinajstić information content (AvgIpc) is 2.70. The van der Waals surface area contributed by atoms with Gasteiger partial charge in [-0.2, -0.15) is 0 Å². The van der Waals surface area contributed by atoms with Crippen molar-refractivity contribution in [3.05, 3.63) is 88.7 Å². The van der Waals surface area contributed by atoms with Gasteiger partial charge in [0, 0.05) is 27.7 Å². The van der Waals surface area contributed by atoms with E-state index in [1.807, 2.05) is 13.0 Å². The van der Waals surface area contributed by atoms with Crippen molar-refractivity contribution in [2.75, 3.05) is 15.8 Å². The van der Waals surface area contributed by atoms with Crippen LogP contribution >= 0.6 is 23.4 Å². The number of amides is 1. The number of thioether (sulfide) groups is 1. The Balaban J connectivity index is 1.55. The van der Waals surface area contributed by atoms with E-state index in [4.69, 9.17) is 11.6 Å². The molecule has 1 amide bonds. The molecular weight excluding hydrogens is 459 g/mol. The third-order valence-electron chi connectivity index (χ3n) is 4.26. The zero-order chi connectivity index (χ0) is 22.4. The SMILES string of the molecule is Cc1cccc(NS(=O)(=O)c2ccc(NC(=O)CSCc3c(F)cccc3Cl)cc2)c1. The number of rotatable bonds is 8. The molecule has 3 aromatic rings. The second-order valence-corrected chi connectivity index (χ2v) is 9.82. The van der Waals surface area contributed by atoms with Crippen LogP contribution in [0.5, 0.6) is 0 Å². The minimum absolute atomic E-state index is 0.0792. The van der Waals surface area contributed by atoms with Gasteiger partial charge in [0.25, 0.3) is 10.0 Å². The Labute approximate surface area is 190 Å². The topological polar surface area (TPSA) is 75.3 Å². The number of anilines is 2. The van der Waals surface area contributed by atoms with E-state index < -0.39 is 15.8 Å². The van der Waals surface area contributed by atoms with Gasteiger partial charge in [0.05, 0.1) is 10.6 Å². The molecule has 0 aliphatic rings. The van der Waals surface area contributed by atoms with E-state index in [1.54, 1.807) is 24.3 Å². The molecule has 0 saturated heterocycles. The first-order valence-electron chi connectivity index (χ1n) is 9.24. The van der Waals surface area contributed by atoms with E-state index in [9.17, 15) is 17.6 Å². The molecule has 0 aliphatic carbocycles. The Hall–Kier alpha value is -2.55. The monoisotopic (exact) mass is 478 g/mol. The number of carbonyl (C=O) groups is 1. The van der Waals surface area contributed by atoms with Crippen LogP contribution in [0, 0.1) is 12.7 Å². The molecule has 0 spiro atoms. The number of aryl methyl sites for hydroxylation is 1. The van der Waals surface area contributed by atoms with E-state index in [0.29, 0.717) is 22.0 Å². The summed E-state index contributed by atoms with van der Waals surface area (Å²) in [5.74, 6) is -0.331. The summed E-state index contributed by atoms with van der Waals surface area (Å²) in [5, 5.41) is 3.01. The van der Waals surface area contributed by atoms with Gasteiger partial charge in [-0.1, -0.05) is 29.8 Å². The van der Waals surface area contributed by atoms with Crippen LogP contribution in [0.4, 0.5) is 15.8 Å². The summed E-state index contributed by atoms with van der Waals surface area (Å²) in [6.07, 6.45) is 0. The Kier molecular flexibility index (Phi) is 7.59. The molecule has 3 rings (SSSR count). The lowest BCUT2D eigenvalue weighted by atomic mass is 10.2. The third-order valence-corrected chi connectivity index (χ3v) is 6.97. The first kappa shape index (κ1) is 23.1. The highest BCUT2D eigenvalue weighted by atomic mass is 35.5. The van der Waals surface area contributed by atoms with Crippen LogP contribution in [0.25, 0.3) is 0 Å². The molecule has 2 N–H and O–H groups in total. The van der Waals surface area contributed by atoms with Crippen LogP contribution in [0.2, 0.25) is 5.02 Å². The summed E-state index contributed by atoms with van der Waals surface area (Å²) in [6.45, 7) is 1.87. The Morgan fingerprint density at radius 3 is 2.42 bits per heavy atom. The Morgan fingerprint density at radius 1 is 1.03 bits per heavy atom. The third kappa shape index (κ3) is 6.46. The molecule has 0 bridgehead atoms. The maximum Gasteiger partial charge on any atom is 0.261 e. The van der Waals surface area contributed by atoms with Crippen molar-refractivity contribution in [3.8, 4) is 0 Å². The largest absolute Gasteiger partial charge is 0.325 e. The lowest BCUT2D eigenvalue weighted by Crippen LogP contribution is -2.15. The minimum Gasteiger partial charge on any atom is -0.325 e. The van der Waals surface area contributed by atoms with Gasteiger partial charge in [0.2, 0.25) is 5.91 Å². The molecule has 5 nitrogen and oxygen atoms in total. The van der Waals surface area contributed by atoms with Crippen molar-refractivity contribution in [2.45, 2.75) is 17.6 Å². The highest BCUT2D eigenvalue weighted by Crippen LogP contribution is 2.24. The van der Waals surface area contributed by atoms with Crippen LogP contribution in [-0.2, 0) is 20.6 Å². The van der Waals surface area contributed by atoms with Crippen molar-refractivity contribution in [1.82, 2.24) is 0 Å². The summed E-state index contributed by atoms with van der Waals surface area (Å²) in [4.78, 5) is 12.2. The molecule has 9 heteroatoms. The molecular formula is C22H20ClFN2O3S2. The quantitative estimate of drug-likeness (QED) is 0.450. The predicted octanol–water partition coefficient (Wildman–Crippen LogP) is 5.46. The normalized spacial score (nSPS) is 11.2. The maximum absolute atomic E-state index is 13.8. The van der Waals surface area contributed by atoms with Crippen molar-refractivity contribution >= 4 is 50.7 Å². The molecule has 0 unspecified atom stereocenters. The number of benzene rings is 3. The Bertz CT molecular complexity index is 1170. The zero-order valence-corrected chi connectivity index (χ0v) is 19.0. The first-order valence-corrected chi connectivity index (χ1v) is 12.3. The van der Waals surface area contributed by atoms with Crippen molar-refractivity contribution < 1.29 is 17.6 Å². The van der Waals surface area contributed by atoms with E-state index in [0.717, 1.165) is 5.56 Å². The highest BCUT2D eigenvalue weighted by molar-refractivity contribution is 7.99. The Morgan fingerprint density at radius 2 is 1.74 bits per heavy atom. The van der Waals surface area contributed by atoms with Crippen molar-refractivity contribution in [1.29, 1.82) is 0 Å². The summed E-state index contributed by atoms with van der Waals surface area (Å²) < 4.78 is 41.4. The number of hydrogen-bond donors (Lipinski definition) is 2. The fourth-order valence-corrected chi connectivity index (χ4v) is 4.97. The molecule has 0 heterocycles. The second kappa shape index (κ2) is 10.2. The summed E-state index contributed by atoms with van der Waals surface area (Å²) >= 11 is 7.21. The second-order valence-electron chi connectivity index (χ2n) is 6.74. The standard InChI is InChI=1S/C22H20ClFN2O3S2/c1-15-4-2-5-17(12-15)26-31(28,29)18-10-8-16(9-11-18)25-22(27)14-30-13-19-20(23)6-3-7-21(19)24/h2-12,26H,13-14H2,1H3,(H,25,27). The molecule has 31 heavy (non-hydrogen) atoms. The van der Waals surface area contributed by atoms with Gasteiger partial charge in [-0.25, -0.2) is 12.8 Å². The molecule has 0 atom stereocenters. The van der Waals surface area contributed by atoms with Gasteiger partial charge in [0.15, 0.2) is 0 Å². The van der Waals surface area contributed by atoms with E-state index in [1.165, 1.54) is 48.2 Å². The summed E-state index contributed by atoms with van der Waals surface area (Å²) in [5.41, 5.74) is 2.24. The molecule has 162 valence electrons. The summed E-state index contributed by atoms with van der Waals surface area (Å²) in [7, 11) is -3.74. The highest BCUT2D eigenvalue weighted by Gasteiger charge is 2.15. The first-order chi connectivity index (χ1) is 14.7. The van der Waals surface area contributed by atoms with E-state index >= 15 is 0 Å². The predicted molar refractivity (Wildman–Crippen MR) is 125 cm³/mol. The fraction of sp³-hybridized carbons (Fsp3) is 0.136. The van der Waals surface area contributed by atoms with E-state index in [2.05, 4.69) is 10.0 Å². The number of sulfonamides is 1. The van der Waals surface area contributed by atoms with Crippen LogP contribution in [0.1, 0.15) is 11.1 Å². The van der Waals surface area contributed by atoms with E-state index in [-0.39, 0.29) is 22.3 Å². The number of halogens is 2. The lowest BCUT2D eigenvalue weighted by Gasteiger charge is -2.10. The molecule has 3 aromatic carbocycles. The molecule has 0 saturated carbocycles. The number of nitrogens with one attached hydrogen (secondary N) is 2. The molecule has 0 aliphatic heterocycles. The molecule has 0 aromatic heterocycles. The van der Waals surface area contributed by atoms with Crippen LogP contribution in [0.15, 0.2) is 71.6 Å². The number of hydrogen-bond acceptors (Lipinski definition) is 4. The summed E-state index contributed by atoms with van der Waals surface area (Å²) in [6, 6.07) is 17.4. The van der Waals surface area contributed by atoms with Crippen LogP contribution in [0.3, 0.4) is 0 Å². The lowest BCUT2D eigenvalue weighted by molar-refractivity contribution is -0.113. The van der Waals surface area contributed by atoms with Gasteiger partial charge in [-0.15, -0.1) is 11.8 Å².